The first-order chi connectivity index (χ1) is 14.2. The summed E-state index contributed by atoms with van der Waals surface area (Å²) >= 11 is 0. The summed E-state index contributed by atoms with van der Waals surface area (Å²) in [5.74, 6) is -0.378. The lowest BCUT2D eigenvalue weighted by Gasteiger charge is -2.08. The summed E-state index contributed by atoms with van der Waals surface area (Å²) < 4.78 is 25.6. The van der Waals surface area contributed by atoms with Gasteiger partial charge in [0.25, 0.3) is 0 Å². The van der Waals surface area contributed by atoms with Crippen LogP contribution >= 0.6 is 0 Å². The topological polar surface area (TPSA) is 48.1 Å². The molecule has 0 spiro atoms. The Morgan fingerprint density at radius 3 is 1.10 bits per heavy atom. The lowest BCUT2D eigenvalue weighted by Crippen LogP contribution is -2.26. The number of hydrogen-bond acceptors (Lipinski definition) is 4. The Bertz CT molecular complexity index is 589. The highest BCUT2D eigenvalue weighted by atomic mass is 19.1. The van der Waals surface area contributed by atoms with E-state index in [9.17, 15) is 8.78 Å². The standard InChI is InChI=1S/C23H34F2N4/c24-22-8-4-20(5-9-22)18-28-16-2-14-26-12-1-13-27-15-3-17-29-19-21-6-10-23(25)11-7-21/h4-11,26-29H,1-3,12-19H2. The first kappa shape index (κ1) is 23.4. The highest BCUT2D eigenvalue weighted by Gasteiger charge is 1.95. The predicted molar refractivity (Wildman–Crippen MR) is 116 cm³/mol. The number of rotatable bonds is 16. The summed E-state index contributed by atoms with van der Waals surface area (Å²) in [5, 5.41) is 13.7. The van der Waals surface area contributed by atoms with Gasteiger partial charge in [-0.2, -0.15) is 0 Å². The fraction of sp³-hybridized carbons (Fsp3) is 0.478. The molecule has 4 nitrogen and oxygen atoms in total. The van der Waals surface area contributed by atoms with Crippen LogP contribution in [0.5, 0.6) is 0 Å². The van der Waals surface area contributed by atoms with Crippen LogP contribution in [0.2, 0.25) is 0 Å². The predicted octanol–water partition coefficient (Wildman–Crippen LogP) is 3.19. The van der Waals surface area contributed by atoms with E-state index in [2.05, 4.69) is 21.3 Å². The molecule has 2 rings (SSSR count). The minimum absolute atomic E-state index is 0.189. The van der Waals surface area contributed by atoms with Gasteiger partial charge in [0.1, 0.15) is 11.6 Å². The molecule has 0 bridgehead atoms. The zero-order valence-electron chi connectivity index (χ0n) is 17.2. The monoisotopic (exact) mass is 404 g/mol. The summed E-state index contributed by atoms with van der Waals surface area (Å²) in [7, 11) is 0. The van der Waals surface area contributed by atoms with Crippen LogP contribution < -0.4 is 21.3 Å². The molecule has 0 aliphatic rings. The zero-order chi connectivity index (χ0) is 20.6. The lowest BCUT2D eigenvalue weighted by molar-refractivity contribution is 0.551. The molecule has 0 amide bonds. The molecule has 0 saturated carbocycles. The van der Waals surface area contributed by atoms with E-state index in [0.717, 1.165) is 82.7 Å². The smallest absolute Gasteiger partial charge is 0.123 e. The van der Waals surface area contributed by atoms with Crippen molar-refractivity contribution in [1.29, 1.82) is 0 Å². The fourth-order valence-corrected chi connectivity index (χ4v) is 2.94. The third-order valence-electron chi connectivity index (χ3n) is 4.61. The number of nitrogens with one attached hydrogen (secondary N) is 4. The van der Waals surface area contributed by atoms with E-state index in [1.165, 1.54) is 24.3 Å². The Hall–Kier alpha value is -1.86. The SMILES string of the molecule is Fc1ccc(CNCCCNCCCNCCCNCc2ccc(F)cc2)cc1. The van der Waals surface area contributed by atoms with Crippen LogP contribution in [0.25, 0.3) is 0 Å². The molecule has 0 unspecified atom stereocenters. The molecule has 2 aromatic rings. The van der Waals surface area contributed by atoms with Crippen molar-refractivity contribution in [3.05, 3.63) is 71.3 Å². The van der Waals surface area contributed by atoms with Crippen molar-refractivity contribution in [2.75, 3.05) is 39.3 Å². The first-order valence-electron chi connectivity index (χ1n) is 10.6. The van der Waals surface area contributed by atoms with Gasteiger partial charge in [-0.05, 0) is 93.9 Å². The second kappa shape index (κ2) is 15.0. The second-order valence-corrected chi connectivity index (χ2v) is 7.17. The summed E-state index contributed by atoms with van der Waals surface area (Å²) in [6.07, 6.45) is 3.27. The highest BCUT2D eigenvalue weighted by Crippen LogP contribution is 2.02. The highest BCUT2D eigenvalue weighted by molar-refractivity contribution is 5.16. The molecule has 29 heavy (non-hydrogen) atoms. The van der Waals surface area contributed by atoms with Gasteiger partial charge in [-0.1, -0.05) is 24.3 Å². The van der Waals surface area contributed by atoms with Gasteiger partial charge in [-0.25, -0.2) is 8.78 Å². The normalized spacial score (nSPS) is 11.1. The van der Waals surface area contributed by atoms with E-state index in [1.807, 2.05) is 24.3 Å². The van der Waals surface area contributed by atoms with Crippen LogP contribution in [0, 0.1) is 11.6 Å². The molecule has 0 fully saturated rings. The Kier molecular flexibility index (Phi) is 12.1. The summed E-state index contributed by atoms with van der Waals surface area (Å²) in [6, 6.07) is 13.2. The van der Waals surface area contributed by atoms with E-state index in [4.69, 9.17) is 0 Å². The van der Waals surface area contributed by atoms with E-state index < -0.39 is 0 Å². The van der Waals surface area contributed by atoms with E-state index in [1.54, 1.807) is 0 Å². The summed E-state index contributed by atoms with van der Waals surface area (Å²) in [4.78, 5) is 0. The Balaban J connectivity index is 1.29. The maximum atomic E-state index is 12.8. The van der Waals surface area contributed by atoms with E-state index in [-0.39, 0.29) is 11.6 Å². The van der Waals surface area contributed by atoms with Crippen molar-refractivity contribution in [2.45, 2.75) is 32.4 Å². The third kappa shape index (κ3) is 11.7. The molecule has 0 heterocycles. The van der Waals surface area contributed by atoms with E-state index >= 15 is 0 Å². The molecule has 2 aromatic carbocycles. The molecule has 0 aromatic heterocycles. The Morgan fingerprint density at radius 1 is 0.448 bits per heavy atom. The maximum Gasteiger partial charge on any atom is 0.123 e. The fourth-order valence-electron chi connectivity index (χ4n) is 2.94. The van der Waals surface area contributed by atoms with Gasteiger partial charge < -0.3 is 21.3 Å². The average molecular weight is 405 g/mol. The molecular weight excluding hydrogens is 370 g/mol. The van der Waals surface area contributed by atoms with Gasteiger partial charge in [0.15, 0.2) is 0 Å². The van der Waals surface area contributed by atoms with Gasteiger partial charge in [0.2, 0.25) is 0 Å². The molecule has 0 aliphatic carbocycles. The van der Waals surface area contributed by atoms with Crippen LogP contribution in [0.1, 0.15) is 30.4 Å². The molecule has 0 aliphatic heterocycles. The van der Waals surface area contributed by atoms with Gasteiger partial charge in [0, 0.05) is 13.1 Å². The molecule has 0 saturated heterocycles. The zero-order valence-corrected chi connectivity index (χ0v) is 17.2. The van der Waals surface area contributed by atoms with E-state index in [0.29, 0.717) is 0 Å². The Morgan fingerprint density at radius 2 is 0.759 bits per heavy atom. The molecule has 160 valence electrons. The minimum Gasteiger partial charge on any atom is -0.317 e. The van der Waals surface area contributed by atoms with Gasteiger partial charge in [-0.3, -0.25) is 0 Å². The van der Waals surface area contributed by atoms with Crippen LogP contribution in [-0.2, 0) is 13.1 Å². The van der Waals surface area contributed by atoms with Crippen molar-refractivity contribution < 1.29 is 8.78 Å². The molecular formula is C23H34F2N4. The number of benzene rings is 2. The second-order valence-electron chi connectivity index (χ2n) is 7.17. The number of halogens is 2. The van der Waals surface area contributed by atoms with Crippen LogP contribution in [0.3, 0.4) is 0 Å². The quantitative estimate of drug-likeness (QED) is 0.325. The first-order valence-corrected chi connectivity index (χ1v) is 10.6. The minimum atomic E-state index is -0.189. The van der Waals surface area contributed by atoms with Crippen molar-refractivity contribution in [3.63, 3.8) is 0 Å². The van der Waals surface area contributed by atoms with Crippen molar-refractivity contribution in [1.82, 2.24) is 21.3 Å². The van der Waals surface area contributed by atoms with Crippen molar-refractivity contribution in [2.24, 2.45) is 0 Å². The largest absolute Gasteiger partial charge is 0.317 e. The van der Waals surface area contributed by atoms with Crippen LogP contribution in [0.4, 0.5) is 8.78 Å². The molecule has 6 heteroatoms. The summed E-state index contributed by atoms with van der Waals surface area (Å²) in [6.45, 7) is 7.52. The third-order valence-corrected chi connectivity index (χ3v) is 4.61. The van der Waals surface area contributed by atoms with Crippen LogP contribution in [0.15, 0.2) is 48.5 Å². The lowest BCUT2D eigenvalue weighted by atomic mass is 10.2. The molecule has 0 atom stereocenters. The Labute approximate surface area is 173 Å². The molecule has 4 N–H and O–H groups in total. The van der Waals surface area contributed by atoms with Crippen molar-refractivity contribution >= 4 is 0 Å². The molecule has 0 radical (unpaired) electrons. The van der Waals surface area contributed by atoms with Gasteiger partial charge in [-0.15, -0.1) is 0 Å². The van der Waals surface area contributed by atoms with Crippen molar-refractivity contribution in [3.8, 4) is 0 Å². The van der Waals surface area contributed by atoms with Gasteiger partial charge >= 0.3 is 0 Å². The average Bonchev–Trinajstić information content (AvgIpc) is 2.73. The summed E-state index contributed by atoms with van der Waals surface area (Å²) in [5.41, 5.74) is 2.21. The number of hydrogen-bond donors (Lipinski definition) is 4. The van der Waals surface area contributed by atoms with Crippen LogP contribution in [-0.4, -0.2) is 39.3 Å². The van der Waals surface area contributed by atoms with Gasteiger partial charge in [0.05, 0.1) is 0 Å². The maximum absolute atomic E-state index is 12.8.